The van der Waals surface area contributed by atoms with Crippen molar-refractivity contribution < 1.29 is 14.4 Å². The predicted octanol–water partition coefficient (Wildman–Crippen LogP) is 1.83. The normalized spacial score (nSPS) is 23.3. The summed E-state index contributed by atoms with van der Waals surface area (Å²) in [4.78, 5) is 45.8. The van der Waals surface area contributed by atoms with Gasteiger partial charge >= 0.3 is 0 Å². The first kappa shape index (κ1) is 20.1. The van der Waals surface area contributed by atoms with Crippen molar-refractivity contribution in [2.75, 3.05) is 13.1 Å². The number of aryl methyl sites for hydroxylation is 1. The van der Waals surface area contributed by atoms with Gasteiger partial charge in [-0.15, -0.1) is 0 Å². The monoisotopic (exact) mass is 406 g/mol. The molecule has 0 unspecified atom stereocenters. The first-order valence-corrected chi connectivity index (χ1v) is 10.3. The minimum Gasteiger partial charge on any atom is -0.350 e. The van der Waals surface area contributed by atoms with E-state index in [1.54, 1.807) is 4.90 Å². The van der Waals surface area contributed by atoms with E-state index in [0.29, 0.717) is 19.5 Å². The van der Waals surface area contributed by atoms with Crippen LogP contribution in [0.4, 0.5) is 0 Å². The van der Waals surface area contributed by atoms with Crippen molar-refractivity contribution in [3.05, 3.63) is 65.5 Å². The van der Waals surface area contributed by atoms with Crippen LogP contribution in [0.25, 0.3) is 0 Å². The third kappa shape index (κ3) is 3.92. The first-order valence-electron chi connectivity index (χ1n) is 10.3. The lowest BCUT2D eigenvalue weighted by Gasteiger charge is -2.39. The highest BCUT2D eigenvalue weighted by atomic mass is 16.2. The maximum Gasteiger partial charge on any atom is 0.243 e. The smallest absolute Gasteiger partial charge is 0.243 e. The van der Waals surface area contributed by atoms with E-state index < -0.39 is 0 Å². The Bertz CT molecular complexity index is 962. The molecule has 2 saturated heterocycles. The standard InChI is InChI=1S/C23H26N4O3/c1-15-7-6-10-18(25-15)12-24-23(30)20-11-19-13-26(16(2)28)14-21(29)27(19)22(20)17-8-4-3-5-9-17/h3-10,19-20,22H,11-14H2,1-2H3,(H,24,30)/t19-,20-,22-/m0/s1. The highest BCUT2D eigenvalue weighted by molar-refractivity contribution is 5.88. The lowest BCUT2D eigenvalue weighted by atomic mass is 9.92. The first-order chi connectivity index (χ1) is 14.4. The highest BCUT2D eigenvalue weighted by Gasteiger charge is 2.50. The number of nitrogens with one attached hydrogen (secondary N) is 1. The Morgan fingerprint density at radius 2 is 1.90 bits per heavy atom. The number of fused-ring (bicyclic) bond motifs is 1. The topological polar surface area (TPSA) is 82.6 Å². The Morgan fingerprint density at radius 3 is 2.60 bits per heavy atom. The van der Waals surface area contributed by atoms with Crippen LogP contribution in [0, 0.1) is 12.8 Å². The number of benzene rings is 1. The van der Waals surface area contributed by atoms with Crippen LogP contribution in [0.5, 0.6) is 0 Å². The van der Waals surface area contributed by atoms with Crippen LogP contribution in [0.2, 0.25) is 0 Å². The lowest BCUT2D eigenvalue weighted by molar-refractivity contribution is -0.148. The molecule has 1 aromatic heterocycles. The van der Waals surface area contributed by atoms with Crippen LogP contribution in [0.1, 0.15) is 36.3 Å². The molecular formula is C23H26N4O3. The van der Waals surface area contributed by atoms with Crippen molar-refractivity contribution in [1.29, 1.82) is 0 Å². The molecule has 0 spiro atoms. The Balaban J connectivity index is 1.58. The summed E-state index contributed by atoms with van der Waals surface area (Å²) in [5.74, 6) is -0.689. The Kier molecular flexibility index (Phi) is 5.53. The summed E-state index contributed by atoms with van der Waals surface area (Å²) in [6.07, 6.45) is 0.530. The molecule has 2 aliphatic rings. The van der Waals surface area contributed by atoms with Crippen molar-refractivity contribution in [3.8, 4) is 0 Å². The molecule has 2 aliphatic heterocycles. The number of aromatic nitrogens is 1. The molecule has 2 fully saturated rings. The van der Waals surface area contributed by atoms with Gasteiger partial charge in [0.15, 0.2) is 0 Å². The second kappa shape index (κ2) is 8.26. The molecule has 0 radical (unpaired) electrons. The number of pyridine rings is 1. The maximum absolute atomic E-state index is 13.2. The fourth-order valence-corrected chi connectivity index (χ4v) is 4.58. The molecule has 2 aromatic rings. The van der Waals surface area contributed by atoms with E-state index in [2.05, 4.69) is 10.3 Å². The summed E-state index contributed by atoms with van der Waals surface area (Å²) in [5.41, 5.74) is 2.64. The molecule has 0 aliphatic carbocycles. The van der Waals surface area contributed by atoms with E-state index in [9.17, 15) is 14.4 Å². The van der Waals surface area contributed by atoms with Gasteiger partial charge in [-0.05, 0) is 31.0 Å². The van der Waals surface area contributed by atoms with Gasteiger partial charge in [0.1, 0.15) is 0 Å². The van der Waals surface area contributed by atoms with Crippen molar-refractivity contribution in [1.82, 2.24) is 20.1 Å². The predicted molar refractivity (Wildman–Crippen MR) is 111 cm³/mol. The molecule has 156 valence electrons. The van der Waals surface area contributed by atoms with Gasteiger partial charge in [0, 0.05) is 19.2 Å². The van der Waals surface area contributed by atoms with E-state index in [-0.39, 0.29) is 42.3 Å². The molecule has 0 bridgehead atoms. The van der Waals surface area contributed by atoms with Crippen LogP contribution in [-0.2, 0) is 20.9 Å². The molecule has 7 heteroatoms. The van der Waals surface area contributed by atoms with Gasteiger partial charge in [-0.3, -0.25) is 19.4 Å². The van der Waals surface area contributed by atoms with Gasteiger partial charge in [0.25, 0.3) is 0 Å². The summed E-state index contributed by atoms with van der Waals surface area (Å²) >= 11 is 0. The number of hydrogen-bond acceptors (Lipinski definition) is 4. The number of amides is 3. The SMILES string of the molecule is CC(=O)N1CC(=O)N2[C@@H](C[C@H](C(=O)NCc3cccc(C)n3)[C@@H]2c2ccccc2)C1. The third-order valence-electron chi connectivity index (χ3n) is 5.96. The maximum atomic E-state index is 13.2. The molecule has 7 nitrogen and oxygen atoms in total. The van der Waals surface area contributed by atoms with Gasteiger partial charge in [-0.25, -0.2) is 0 Å². The number of carbonyl (C=O) groups excluding carboxylic acids is 3. The van der Waals surface area contributed by atoms with Gasteiger partial charge in [0.2, 0.25) is 17.7 Å². The number of carbonyl (C=O) groups is 3. The van der Waals surface area contributed by atoms with Crippen LogP contribution >= 0.6 is 0 Å². The van der Waals surface area contributed by atoms with Crippen molar-refractivity contribution >= 4 is 17.7 Å². The van der Waals surface area contributed by atoms with Crippen molar-refractivity contribution in [2.24, 2.45) is 5.92 Å². The quantitative estimate of drug-likeness (QED) is 0.840. The average Bonchev–Trinajstić information content (AvgIpc) is 3.13. The molecule has 1 aromatic carbocycles. The number of nitrogens with zero attached hydrogens (tertiary/aromatic N) is 3. The van der Waals surface area contributed by atoms with Gasteiger partial charge in [-0.2, -0.15) is 0 Å². The molecule has 3 atom stereocenters. The molecular weight excluding hydrogens is 380 g/mol. The Labute approximate surface area is 176 Å². The molecule has 4 rings (SSSR count). The van der Waals surface area contributed by atoms with Crippen molar-refractivity contribution in [2.45, 2.75) is 38.9 Å². The highest BCUT2D eigenvalue weighted by Crippen LogP contribution is 2.43. The van der Waals surface area contributed by atoms with Crippen LogP contribution < -0.4 is 5.32 Å². The summed E-state index contributed by atoms with van der Waals surface area (Å²) in [5, 5.41) is 3.01. The van der Waals surface area contributed by atoms with Gasteiger partial charge < -0.3 is 15.1 Å². The van der Waals surface area contributed by atoms with Crippen LogP contribution in [-0.4, -0.2) is 51.6 Å². The zero-order chi connectivity index (χ0) is 21.3. The zero-order valence-corrected chi connectivity index (χ0v) is 17.2. The van der Waals surface area contributed by atoms with E-state index in [1.807, 2.05) is 60.4 Å². The molecule has 3 amide bonds. The van der Waals surface area contributed by atoms with E-state index in [4.69, 9.17) is 0 Å². The number of rotatable bonds is 4. The van der Waals surface area contributed by atoms with Crippen molar-refractivity contribution in [3.63, 3.8) is 0 Å². The van der Waals surface area contributed by atoms with Gasteiger partial charge in [-0.1, -0.05) is 36.4 Å². The largest absolute Gasteiger partial charge is 0.350 e. The second-order valence-corrected chi connectivity index (χ2v) is 8.04. The fraction of sp³-hybridized carbons (Fsp3) is 0.391. The second-order valence-electron chi connectivity index (χ2n) is 8.04. The Hall–Kier alpha value is -3.22. The summed E-state index contributed by atoms with van der Waals surface area (Å²) in [7, 11) is 0. The summed E-state index contributed by atoms with van der Waals surface area (Å²) < 4.78 is 0. The molecule has 0 saturated carbocycles. The molecule has 30 heavy (non-hydrogen) atoms. The van der Waals surface area contributed by atoms with E-state index >= 15 is 0 Å². The molecule has 3 heterocycles. The summed E-state index contributed by atoms with van der Waals surface area (Å²) in [6, 6.07) is 14.9. The minimum absolute atomic E-state index is 0.0662. The average molecular weight is 406 g/mol. The zero-order valence-electron chi connectivity index (χ0n) is 17.2. The van der Waals surface area contributed by atoms with Gasteiger partial charge in [0.05, 0.1) is 36.8 Å². The summed E-state index contributed by atoms with van der Waals surface area (Å²) in [6.45, 7) is 4.27. The molecule has 1 N–H and O–H groups in total. The fourth-order valence-electron chi connectivity index (χ4n) is 4.58. The van der Waals surface area contributed by atoms with E-state index in [0.717, 1.165) is 17.0 Å². The van der Waals surface area contributed by atoms with E-state index in [1.165, 1.54) is 6.92 Å². The Morgan fingerprint density at radius 1 is 1.13 bits per heavy atom. The minimum atomic E-state index is -0.377. The van der Waals surface area contributed by atoms with Crippen LogP contribution in [0.3, 0.4) is 0 Å². The third-order valence-corrected chi connectivity index (χ3v) is 5.96. The number of hydrogen-bond donors (Lipinski definition) is 1. The number of piperazine rings is 1. The lowest BCUT2D eigenvalue weighted by Crippen LogP contribution is -2.55. The van der Waals surface area contributed by atoms with Crippen LogP contribution in [0.15, 0.2) is 48.5 Å².